The van der Waals surface area contributed by atoms with Crippen LogP contribution in [0.3, 0.4) is 0 Å². The quantitative estimate of drug-likeness (QED) is 0.483. The molecule has 0 fully saturated rings. The van der Waals surface area contributed by atoms with Crippen LogP contribution in [0.4, 0.5) is 0 Å². The second kappa shape index (κ2) is 11.8. The van der Waals surface area contributed by atoms with Gasteiger partial charge in [0.05, 0.1) is 0 Å². The molecule has 0 amide bonds. The summed E-state index contributed by atoms with van der Waals surface area (Å²) in [6.07, 6.45) is 5.44. The molecule has 0 saturated carbocycles. The Morgan fingerprint density at radius 2 is 1.71 bits per heavy atom. The molecule has 1 N–H and O–H groups in total. The van der Waals surface area contributed by atoms with Crippen molar-refractivity contribution in [3.05, 3.63) is 29.3 Å². The fourth-order valence-corrected chi connectivity index (χ4v) is 1.61. The van der Waals surface area contributed by atoms with Crippen molar-refractivity contribution in [2.24, 2.45) is 0 Å². The van der Waals surface area contributed by atoms with E-state index in [0.717, 1.165) is 7.11 Å². The normalized spacial score (nSPS) is 11.6. The van der Waals surface area contributed by atoms with Gasteiger partial charge in [-0.05, 0) is 0 Å². The third-order valence-electron chi connectivity index (χ3n) is 2.15. The minimum absolute atomic E-state index is 0. The molecule has 0 heterocycles. The number of fused-ring (bicyclic) bond motifs is 1. The van der Waals surface area contributed by atoms with Crippen LogP contribution < -0.4 is 24.8 Å². The molecule has 0 spiro atoms. The number of halogens is 2. The van der Waals surface area contributed by atoms with Crippen molar-refractivity contribution >= 4 is 0 Å². The Labute approximate surface area is 118 Å². The summed E-state index contributed by atoms with van der Waals surface area (Å²) in [7, 11) is 1.00. The van der Waals surface area contributed by atoms with Crippen LogP contribution in [0.5, 0.6) is 0 Å². The zero-order valence-corrected chi connectivity index (χ0v) is 12.2. The third-order valence-corrected chi connectivity index (χ3v) is 2.15. The fraction of sp³-hybridized carbons (Fsp3) is 0.500. The summed E-state index contributed by atoms with van der Waals surface area (Å²) in [5.41, 5.74) is 3.20. The summed E-state index contributed by atoms with van der Waals surface area (Å²) in [5.74, 6) is 0. The fourth-order valence-electron chi connectivity index (χ4n) is 1.61. The van der Waals surface area contributed by atoms with Gasteiger partial charge in [0.15, 0.2) is 0 Å². The van der Waals surface area contributed by atoms with Gasteiger partial charge in [-0.2, -0.15) is 23.3 Å². The molecule has 1 aliphatic carbocycles. The summed E-state index contributed by atoms with van der Waals surface area (Å²) in [6, 6.07) is 6.69. The standard InChI is InChI=1S/C9H11.CH4O.2ClH.Zr/c1-2-5-9-7-3-6-8(9)4-1;1-2;;;/h3,6-7H,1-2,4-5H2;2H,1H3;2*1H;/q-1;;;;+3/p-2. The van der Waals surface area contributed by atoms with E-state index in [1.165, 1.54) is 25.7 Å². The monoisotopic (exact) mass is 311 g/mol. The van der Waals surface area contributed by atoms with E-state index in [2.05, 4.69) is 18.2 Å². The maximum absolute atomic E-state index is 7.00. The molecule has 1 radical (unpaired) electrons. The molecular formula is C10H15Cl2OZr. The largest absolute Gasteiger partial charge is 3.00 e. The number of hydrogen-bond acceptors (Lipinski definition) is 1. The minimum atomic E-state index is 0. The second-order valence-corrected chi connectivity index (χ2v) is 2.78. The van der Waals surface area contributed by atoms with Gasteiger partial charge in [-0.15, -0.1) is 0 Å². The van der Waals surface area contributed by atoms with Crippen LogP contribution in [-0.4, -0.2) is 12.2 Å². The summed E-state index contributed by atoms with van der Waals surface area (Å²) in [6.45, 7) is 0. The van der Waals surface area contributed by atoms with Gasteiger partial charge in [0.2, 0.25) is 0 Å². The van der Waals surface area contributed by atoms with E-state index in [9.17, 15) is 0 Å². The first-order valence-electron chi connectivity index (χ1n) is 4.15. The van der Waals surface area contributed by atoms with E-state index in [4.69, 9.17) is 5.11 Å². The second-order valence-electron chi connectivity index (χ2n) is 2.78. The molecule has 4 heteroatoms. The number of aryl methyl sites for hydroxylation is 2. The Kier molecular flexibility index (Phi) is 17.1. The Balaban J connectivity index is -0.000000229. The van der Waals surface area contributed by atoms with Crippen molar-refractivity contribution in [1.82, 2.24) is 0 Å². The first-order valence-corrected chi connectivity index (χ1v) is 4.15. The van der Waals surface area contributed by atoms with Crippen molar-refractivity contribution in [2.45, 2.75) is 25.7 Å². The Morgan fingerprint density at radius 1 is 1.14 bits per heavy atom. The van der Waals surface area contributed by atoms with Crippen molar-refractivity contribution in [1.29, 1.82) is 0 Å². The van der Waals surface area contributed by atoms with E-state index >= 15 is 0 Å². The number of aliphatic hydroxyl groups excluding tert-OH is 1. The van der Waals surface area contributed by atoms with Gasteiger partial charge in [-0.1, -0.05) is 25.7 Å². The van der Waals surface area contributed by atoms with E-state index in [1.54, 1.807) is 11.1 Å². The Bertz CT molecular complexity index is 193. The summed E-state index contributed by atoms with van der Waals surface area (Å²) in [5, 5.41) is 7.00. The predicted molar refractivity (Wildman–Crippen MR) is 46.8 cm³/mol. The molecular weight excluding hydrogens is 298 g/mol. The minimum Gasteiger partial charge on any atom is -1.00 e. The molecule has 79 valence electrons. The van der Waals surface area contributed by atoms with Gasteiger partial charge in [-0.25, -0.2) is 6.07 Å². The topological polar surface area (TPSA) is 20.2 Å². The summed E-state index contributed by atoms with van der Waals surface area (Å²) < 4.78 is 0. The van der Waals surface area contributed by atoms with Crippen LogP contribution in [0.1, 0.15) is 24.0 Å². The number of rotatable bonds is 0. The van der Waals surface area contributed by atoms with Gasteiger partial charge >= 0.3 is 26.2 Å². The van der Waals surface area contributed by atoms with Crippen LogP contribution >= 0.6 is 0 Å². The van der Waals surface area contributed by atoms with Gasteiger partial charge in [0, 0.05) is 7.11 Å². The molecule has 1 aliphatic rings. The van der Waals surface area contributed by atoms with Crippen molar-refractivity contribution in [2.75, 3.05) is 7.11 Å². The van der Waals surface area contributed by atoms with Crippen LogP contribution in [0.2, 0.25) is 0 Å². The molecule has 0 aromatic heterocycles. The summed E-state index contributed by atoms with van der Waals surface area (Å²) in [4.78, 5) is 0. The Hall–Kier alpha value is 0.773. The van der Waals surface area contributed by atoms with Crippen molar-refractivity contribution in [3.63, 3.8) is 0 Å². The molecule has 2 rings (SSSR count). The zero-order valence-electron chi connectivity index (χ0n) is 8.26. The van der Waals surface area contributed by atoms with Crippen LogP contribution in [-0.2, 0) is 39.0 Å². The number of aliphatic hydroxyl groups is 1. The first kappa shape index (κ1) is 20.2. The average Bonchev–Trinajstić information content (AvgIpc) is 2.55. The van der Waals surface area contributed by atoms with Crippen LogP contribution in [0, 0.1) is 0 Å². The molecule has 1 aromatic rings. The third kappa shape index (κ3) is 5.60. The van der Waals surface area contributed by atoms with Gasteiger partial charge in [0.25, 0.3) is 0 Å². The predicted octanol–water partition coefficient (Wildman–Crippen LogP) is -4.10. The first-order chi connectivity index (χ1) is 5.47. The van der Waals surface area contributed by atoms with Gasteiger partial charge in [0.1, 0.15) is 0 Å². The van der Waals surface area contributed by atoms with E-state index in [0.29, 0.717) is 0 Å². The molecule has 1 aromatic carbocycles. The van der Waals surface area contributed by atoms with E-state index in [-0.39, 0.29) is 51.0 Å². The summed E-state index contributed by atoms with van der Waals surface area (Å²) >= 11 is 0. The average molecular weight is 313 g/mol. The van der Waals surface area contributed by atoms with Crippen LogP contribution in [0.15, 0.2) is 18.2 Å². The molecule has 0 bridgehead atoms. The maximum Gasteiger partial charge on any atom is 3.00 e. The van der Waals surface area contributed by atoms with Crippen LogP contribution in [0.25, 0.3) is 0 Å². The van der Waals surface area contributed by atoms with E-state index < -0.39 is 0 Å². The maximum atomic E-state index is 7.00. The van der Waals surface area contributed by atoms with Crippen molar-refractivity contribution < 1.29 is 56.1 Å². The molecule has 0 unspecified atom stereocenters. The molecule has 0 atom stereocenters. The SMILES string of the molecule is CO.[Cl-].[Cl-].[Zr+3].c1cc2c([cH-]1)CCCC2. The zero-order chi connectivity index (χ0) is 8.10. The molecule has 0 aliphatic heterocycles. The Morgan fingerprint density at radius 3 is 2.29 bits per heavy atom. The molecule has 1 nitrogen and oxygen atoms in total. The van der Waals surface area contributed by atoms with E-state index in [1.807, 2.05) is 0 Å². The van der Waals surface area contributed by atoms with Gasteiger partial charge in [-0.3, -0.25) is 0 Å². The smallest absolute Gasteiger partial charge is 1.00 e. The number of hydrogen-bond donors (Lipinski definition) is 1. The van der Waals surface area contributed by atoms with Crippen molar-refractivity contribution in [3.8, 4) is 0 Å². The molecule has 0 saturated heterocycles. The van der Waals surface area contributed by atoms with Gasteiger partial charge < -0.3 is 29.9 Å². The molecule has 14 heavy (non-hydrogen) atoms.